The Morgan fingerprint density at radius 3 is 2.83 bits per heavy atom. The first-order valence-electron chi connectivity index (χ1n) is 10.2. The number of nitrogens with zero attached hydrogens (tertiary/aromatic N) is 3. The number of thioether (sulfide) groups is 1. The van der Waals surface area contributed by atoms with Crippen molar-refractivity contribution < 1.29 is 9.59 Å². The predicted octanol–water partition coefficient (Wildman–Crippen LogP) is 3.02. The van der Waals surface area contributed by atoms with Crippen molar-refractivity contribution in [3.63, 3.8) is 0 Å². The van der Waals surface area contributed by atoms with Crippen molar-refractivity contribution >= 4 is 45.0 Å². The van der Waals surface area contributed by atoms with Gasteiger partial charge in [0.05, 0.1) is 11.1 Å². The van der Waals surface area contributed by atoms with Gasteiger partial charge in [-0.05, 0) is 43.7 Å². The Hall–Kier alpha value is -2.39. The van der Waals surface area contributed by atoms with Gasteiger partial charge in [-0.3, -0.25) is 19.0 Å². The first kappa shape index (κ1) is 19.6. The lowest BCUT2D eigenvalue weighted by Crippen LogP contribution is -2.27. The van der Waals surface area contributed by atoms with Crippen LogP contribution in [0.3, 0.4) is 0 Å². The zero-order valence-corrected chi connectivity index (χ0v) is 18.3. The lowest BCUT2D eigenvalue weighted by molar-refractivity contribution is 0.0787. The maximum Gasteiger partial charge on any atom is 0.270 e. The molecule has 0 unspecified atom stereocenters. The van der Waals surface area contributed by atoms with Gasteiger partial charge in [-0.25, -0.2) is 4.98 Å². The Morgan fingerprint density at radius 1 is 1.23 bits per heavy atom. The topological polar surface area (TPSA) is 88.1 Å². The monoisotopic (exact) mass is 442 g/mol. The van der Waals surface area contributed by atoms with Gasteiger partial charge >= 0.3 is 0 Å². The average molecular weight is 443 g/mol. The number of carbonyl (C=O) groups excluding carboxylic acids is 2. The molecule has 7 nitrogen and oxygen atoms in total. The maximum absolute atomic E-state index is 12.9. The summed E-state index contributed by atoms with van der Waals surface area (Å²) in [5.74, 6) is 0.00529. The summed E-state index contributed by atoms with van der Waals surface area (Å²) in [4.78, 5) is 49.5. The van der Waals surface area contributed by atoms with E-state index in [2.05, 4.69) is 9.97 Å². The molecule has 0 saturated carbocycles. The minimum atomic E-state index is -0.0975. The highest BCUT2D eigenvalue weighted by molar-refractivity contribution is 7.99. The molecule has 1 aliphatic heterocycles. The second-order valence-electron chi connectivity index (χ2n) is 7.81. The largest absolute Gasteiger partial charge is 0.356 e. The summed E-state index contributed by atoms with van der Waals surface area (Å²) in [5, 5.41) is 1.30. The fraction of sp³-hybridized carbons (Fsp3) is 0.429. The zero-order valence-electron chi connectivity index (χ0n) is 16.7. The number of aromatic nitrogens is 3. The molecule has 1 saturated heterocycles. The molecule has 156 valence electrons. The first-order chi connectivity index (χ1) is 14.5. The highest BCUT2D eigenvalue weighted by Crippen LogP contribution is 2.35. The van der Waals surface area contributed by atoms with Gasteiger partial charge in [0.25, 0.3) is 11.5 Å². The molecular weight excluding hydrogens is 420 g/mol. The Kier molecular flexibility index (Phi) is 5.02. The number of H-pyrrole nitrogens is 1. The predicted molar refractivity (Wildman–Crippen MR) is 118 cm³/mol. The standard InChI is InChI=1S/C21H22N4O3S2/c1-24-20(28)17-13-5-4-6-16(13)30-18(17)23-21(24)29-11-15(26)12-9-14(22-10-12)19(27)25-7-2-3-8-25/h9-10,22H,2-8,11H2,1H3. The van der Waals surface area contributed by atoms with Gasteiger partial charge in [-0.2, -0.15) is 0 Å². The molecule has 2 aliphatic rings. The van der Waals surface area contributed by atoms with Gasteiger partial charge in [0.1, 0.15) is 10.5 Å². The number of carbonyl (C=O) groups is 2. The molecule has 0 radical (unpaired) electrons. The number of Topliss-reactive ketones (excluding diaryl/α,β-unsaturated/α-hetero) is 1. The van der Waals surface area contributed by atoms with Crippen LogP contribution < -0.4 is 5.56 Å². The first-order valence-corrected chi connectivity index (χ1v) is 12.0. The second kappa shape index (κ2) is 7.70. The van der Waals surface area contributed by atoms with Crippen LogP contribution in [0.15, 0.2) is 22.2 Å². The van der Waals surface area contributed by atoms with E-state index < -0.39 is 0 Å². The normalized spacial score (nSPS) is 15.8. The zero-order chi connectivity index (χ0) is 20.8. The van der Waals surface area contributed by atoms with Crippen LogP contribution in [-0.2, 0) is 19.9 Å². The van der Waals surface area contributed by atoms with Crippen molar-refractivity contribution in [2.24, 2.45) is 7.05 Å². The van der Waals surface area contributed by atoms with Gasteiger partial charge in [0.2, 0.25) is 0 Å². The molecule has 9 heteroatoms. The summed E-state index contributed by atoms with van der Waals surface area (Å²) in [6, 6.07) is 1.63. The number of rotatable bonds is 5. The number of hydrogen-bond acceptors (Lipinski definition) is 6. The highest BCUT2D eigenvalue weighted by Gasteiger charge is 2.24. The number of aromatic amines is 1. The van der Waals surface area contributed by atoms with Gasteiger partial charge in [-0.1, -0.05) is 11.8 Å². The molecule has 0 bridgehead atoms. The van der Waals surface area contributed by atoms with Crippen LogP contribution >= 0.6 is 23.1 Å². The van der Waals surface area contributed by atoms with Crippen LogP contribution in [0.1, 0.15) is 50.5 Å². The van der Waals surface area contributed by atoms with Crippen LogP contribution in [0, 0.1) is 0 Å². The van der Waals surface area contributed by atoms with E-state index in [0.717, 1.165) is 55.4 Å². The van der Waals surface area contributed by atoms with Crippen LogP contribution in [0.2, 0.25) is 0 Å². The van der Waals surface area contributed by atoms with Crippen LogP contribution in [0.5, 0.6) is 0 Å². The van der Waals surface area contributed by atoms with E-state index in [9.17, 15) is 14.4 Å². The van der Waals surface area contributed by atoms with E-state index in [-0.39, 0.29) is 23.0 Å². The van der Waals surface area contributed by atoms with Crippen molar-refractivity contribution in [2.75, 3.05) is 18.8 Å². The molecule has 0 spiro atoms. The van der Waals surface area contributed by atoms with E-state index in [4.69, 9.17) is 0 Å². The molecule has 1 fully saturated rings. The lowest BCUT2D eigenvalue weighted by Gasteiger charge is -2.13. The summed E-state index contributed by atoms with van der Waals surface area (Å²) in [6.45, 7) is 1.54. The third kappa shape index (κ3) is 3.30. The number of nitrogens with one attached hydrogen (secondary N) is 1. The number of likely N-dealkylation sites (tertiary alicyclic amines) is 1. The van der Waals surface area contributed by atoms with Gasteiger partial charge in [-0.15, -0.1) is 11.3 Å². The Morgan fingerprint density at radius 2 is 2.03 bits per heavy atom. The summed E-state index contributed by atoms with van der Waals surface area (Å²) in [6.07, 6.45) is 6.71. The minimum Gasteiger partial charge on any atom is -0.356 e. The molecule has 4 heterocycles. The minimum absolute atomic E-state index is 0.0329. The fourth-order valence-electron chi connectivity index (χ4n) is 4.22. The summed E-state index contributed by atoms with van der Waals surface area (Å²) in [7, 11) is 1.71. The molecule has 30 heavy (non-hydrogen) atoms. The smallest absolute Gasteiger partial charge is 0.270 e. The van der Waals surface area contributed by atoms with Crippen molar-refractivity contribution in [1.29, 1.82) is 0 Å². The number of hydrogen-bond donors (Lipinski definition) is 1. The Bertz CT molecular complexity index is 1220. The van der Waals surface area contributed by atoms with Crippen molar-refractivity contribution in [3.8, 4) is 0 Å². The molecule has 1 amide bonds. The Balaban J connectivity index is 1.32. The second-order valence-corrected chi connectivity index (χ2v) is 9.84. The Labute approximate surface area is 181 Å². The third-order valence-electron chi connectivity index (χ3n) is 5.87. The molecule has 1 N–H and O–H groups in total. The highest BCUT2D eigenvalue weighted by atomic mass is 32.2. The molecular formula is C21H22N4O3S2. The molecule has 3 aromatic heterocycles. The molecule has 5 rings (SSSR count). The van der Waals surface area contributed by atoms with Crippen LogP contribution in [0.4, 0.5) is 0 Å². The fourth-order valence-corrected chi connectivity index (χ4v) is 6.39. The number of ketones is 1. The van der Waals surface area contributed by atoms with Crippen molar-refractivity contribution in [1.82, 2.24) is 19.4 Å². The number of amides is 1. The van der Waals surface area contributed by atoms with E-state index >= 15 is 0 Å². The lowest BCUT2D eigenvalue weighted by atomic mass is 10.2. The number of aryl methyl sites for hydroxylation is 2. The van der Waals surface area contributed by atoms with E-state index in [1.165, 1.54) is 22.2 Å². The summed E-state index contributed by atoms with van der Waals surface area (Å²) >= 11 is 2.87. The summed E-state index contributed by atoms with van der Waals surface area (Å²) < 4.78 is 1.55. The molecule has 3 aromatic rings. The quantitative estimate of drug-likeness (QED) is 0.373. The molecule has 0 atom stereocenters. The summed E-state index contributed by atoms with van der Waals surface area (Å²) in [5.41, 5.74) is 2.06. The van der Waals surface area contributed by atoms with Gasteiger partial charge in [0.15, 0.2) is 10.9 Å². The molecule has 1 aliphatic carbocycles. The third-order valence-corrected chi connectivity index (χ3v) is 8.08. The van der Waals surface area contributed by atoms with E-state index in [0.29, 0.717) is 16.4 Å². The van der Waals surface area contributed by atoms with Gasteiger partial charge in [0, 0.05) is 36.8 Å². The van der Waals surface area contributed by atoms with Gasteiger partial charge < -0.3 is 9.88 Å². The van der Waals surface area contributed by atoms with E-state index in [1.54, 1.807) is 35.2 Å². The van der Waals surface area contributed by atoms with Crippen LogP contribution in [-0.4, -0.2) is 50.0 Å². The van der Waals surface area contributed by atoms with E-state index in [1.807, 2.05) is 4.90 Å². The van der Waals surface area contributed by atoms with Crippen molar-refractivity contribution in [2.45, 2.75) is 37.3 Å². The SMILES string of the molecule is Cn1c(SCC(=O)c2c[nH]c(C(=O)N3CCCC3)c2)nc2sc3c(c2c1=O)CCC3. The maximum atomic E-state index is 12.9. The number of thiophene rings is 1. The van der Waals surface area contributed by atoms with Crippen LogP contribution in [0.25, 0.3) is 10.2 Å². The number of fused-ring (bicyclic) bond motifs is 3. The van der Waals surface area contributed by atoms with Crippen molar-refractivity contribution in [3.05, 3.63) is 44.3 Å². The average Bonchev–Trinajstić information content (AvgIpc) is 3.51. The molecule has 0 aromatic carbocycles.